The molecule has 1 aromatic carbocycles. The molecule has 29 heavy (non-hydrogen) atoms. The maximum Gasteiger partial charge on any atom is 0.321 e. The fourth-order valence-corrected chi connectivity index (χ4v) is 3.99. The summed E-state index contributed by atoms with van der Waals surface area (Å²) < 4.78 is 0. The van der Waals surface area contributed by atoms with Crippen LogP contribution in [0.3, 0.4) is 0 Å². The normalized spacial score (nSPS) is 14.3. The zero-order valence-corrected chi connectivity index (χ0v) is 17.5. The Morgan fingerprint density at radius 2 is 1.76 bits per heavy atom. The van der Waals surface area contributed by atoms with Crippen molar-refractivity contribution in [3.05, 3.63) is 51.7 Å². The molecule has 1 fully saturated rings. The number of anilines is 1. The summed E-state index contributed by atoms with van der Waals surface area (Å²) in [5, 5.41) is 8.54. The van der Waals surface area contributed by atoms with Crippen molar-refractivity contribution in [3.63, 3.8) is 0 Å². The van der Waals surface area contributed by atoms with Gasteiger partial charge in [-0.05, 0) is 49.6 Å². The van der Waals surface area contributed by atoms with Gasteiger partial charge in [0.25, 0.3) is 5.91 Å². The summed E-state index contributed by atoms with van der Waals surface area (Å²) >= 11 is 1.49. The SMILES string of the molecule is CNC(=O)Cc1ccc(NC(=O)N2CCC(NC(=O)c3ccc(C)s3)CC2)cc1. The number of carbonyl (C=O) groups excluding carboxylic acids is 3. The molecule has 0 bridgehead atoms. The molecule has 3 N–H and O–H groups in total. The summed E-state index contributed by atoms with van der Waals surface area (Å²) in [4.78, 5) is 39.8. The Balaban J connectivity index is 1.45. The van der Waals surface area contributed by atoms with Crippen molar-refractivity contribution >= 4 is 34.9 Å². The first-order valence-corrected chi connectivity index (χ1v) is 10.5. The van der Waals surface area contributed by atoms with E-state index in [2.05, 4.69) is 16.0 Å². The van der Waals surface area contributed by atoms with Gasteiger partial charge in [-0.15, -0.1) is 11.3 Å². The first-order chi connectivity index (χ1) is 13.9. The lowest BCUT2D eigenvalue weighted by Crippen LogP contribution is -2.47. The van der Waals surface area contributed by atoms with Crippen LogP contribution in [0.5, 0.6) is 0 Å². The molecule has 1 aliphatic heterocycles. The molecule has 0 spiro atoms. The third-order valence-electron chi connectivity index (χ3n) is 4.93. The Kier molecular flexibility index (Phi) is 6.87. The van der Waals surface area contributed by atoms with E-state index in [1.54, 1.807) is 24.1 Å². The maximum atomic E-state index is 12.5. The van der Waals surface area contributed by atoms with Crippen molar-refractivity contribution in [3.8, 4) is 0 Å². The topological polar surface area (TPSA) is 90.5 Å². The van der Waals surface area contributed by atoms with E-state index in [1.807, 2.05) is 31.2 Å². The number of likely N-dealkylation sites (tertiary alicyclic amines) is 1. The van der Waals surface area contributed by atoms with E-state index < -0.39 is 0 Å². The van der Waals surface area contributed by atoms with Gasteiger partial charge in [-0.1, -0.05) is 12.1 Å². The van der Waals surface area contributed by atoms with Crippen LogP contribution in [0.4, 0.5) is 10.5 Å². The van der Waals surface area contributed by atoms with Crippen molar-refractivity contribution in [2.24, 2.45) is 0 Å². The number of thiophene rings is 1. The summed E-state index contributed by atoms with van der Waals surface area (Å²) in [6, 6.07) is 11.0. The van der Waals surface area contributed by atoms with Crippen LogP contribution in [0.1, 0.15) is 33.0 Å². The van der Waals surface area contributed by atoms with Crippen molar-refractivity contribution in [2.45, 2.75) is 32.2 Å². The van der Waals surface area contributed by atoms with Crippen LogP contribution >= 0.6 is 11.3 Å². The quantitative estimate of drug-likeness (QED) is 0.703. The number of piperidine rings is 1. The molecular weight excluding hydrogens is 388 g/mol. The number of benzene rings is 1. The zero-order chi connectivity index (χ0) is 20.8. The molecule has 3 rings (SSSR count). The highest BCUT2D eigenvalue weighted by Crippen LogP contribution is 2.18. The molecule has 0 aliphatic carbocycles. The molecule has 0 saturated carbocycles. The Morgan fingerprint density at radius 1 is 1.07 bits per heavy atom. The molecule has 2 aromatic rings. The van der Waals surface area contributed by atoms with Crippen LogP contribution in [-0.4, -0.2) is 48.9 Å². The summed E-state index contributed by atoms with van der Waals surface area (Å²) in [6.07, 6.45) is 1.78. The van der Waals surface area contributed by atoms with Crippen molar-refractivity contribution in [1.82, 2.24) is 15.5 Å². The lowest BCUT2D eigenvalue weighted by molar-refractivity contribution is -0.119. The van der Waals surface area contributed by atoms with Gasteiger partial charge in [0.15, 0.2) is 0 Å². The number of nitrogens with one attached hydrogen (secondary N) is 3. The van der Waals surface area contributed by atoms with Gasteiger partial charge in [0, 0.05) is 36.7 Å². The molecule has 8 heteroatoms. The molecule has 7 nitrogen and oxygen atoms in total. The third kappa shape index (κ3) is 5.80. The Bertz CT molecular complexity index is 870. The summed E-state index contributed by atoms with van der Waals surface area (Å²) in [5.74, 6) is -0.0891. The minimum atomic E-state index is -0.150. The van der Waals surface area contributed by atoms with Crippen LogP contribution in [0.25, 0.3) is 0 Å². The third-order valence-corrected chi connectivity index (χ3v) is 5.93. The van der Waals surface area contributed by atoms with E-state index in [9.17, 15) is 14.4 Å². The van der Waals surface area contributed by atoms with Crippen molar-refractivity contribution in [1.29, 1.82) is 0 Å². The number of urea groups is 1. The van der Waals surface area contributed by atoms with E-state index in [1.165, 1.54) is 11.3 Å². The maximum absolute atomic E-state index is 12.5. The van der Waals surface area contributed by atoms with E-state index in [4.69, 9.17) is 0 Å². The average Bonchev–Trinajstić information content (AvgIpc) is 3.16. The molecule has 1 saturated heterocycles. The van der Waals surface area contributed by atoms with Crippen molar-refractivity contribution < 1.29 is 14.4 Å². The predicted molar refractivity (Wildman–Crippen MR) is 114 cm³/mol. The molecule has 1 aliphatic rings. The van der Waals surface area contributed by atoms with Crippen molar-refractivity contribution in [2.75, 3.05) is 25.5 Å². The fourth-order valence-electron chi connectivity index (χ4n) is 3.22. The Hall–Kier alpha value is -2.87. The molecule has 1 aromatic heterocycles. The fraction of sp³-hybridized carbons (Fsp3) is 0.381. The van der Waals surface area contributed by atoms with E-state index >= 15 is 0 Å². The predicted octanol–water partition coefficient (Wildman–Crippen LogP) is 2.77. The van der Waals surface area contributed by atoms with E-state index in [0.29, 0.717) is 25.2 Å². The van der Waals surface area contributed by atoms with Gasteiger partial charge in [-0.25, -0.2) is 4.79 Å². The standard InChI is InChI=1S/C21H26N4O3S/c1-14-3-8-18(29-14)20(27)23-17-9-11-25(12-10-17)21(28)24-16-6-4-15(5-7-16)13-19(26)22-2/h3-8,17H,9-13H2,1-2H3,(H,22,26)(H,23,27)(H,24,28). The molecule has 0 radical (unpaired) electrons. The summed E-state index contributed by atoms with van der Waals surface area (Å²) in [5.41, 5.74) is 1.58. The van der Waals surface area contributed by atoms with Crippen LogP contribution in [-0.2, 0) is 11.2 Å². The number of aryl methyl sites for hydroxylation is 1. The number of likely N-dealkylation sites (N-methyl/N-ethyl adjacent to an activating group) is 1. The second-order valence-corrected chi connectivity index (χ2v) is 8.41. The number of nitrogens with zero attached hydrogens (tertiary/aromatic N) is 1. The van der Waals surface area contributed by atoms with Crippen LogP contribution < -0.4 is 16.0 Å². The van der Waals surface area contributed by atoms with Gasteiger partial charge >= 0.3 is 6.03 Å². The lowest BCUT2D eigenvalue weighted by Gasteiger charge is -2.32. The van der Waals surface area contributed by atoms with E-state index in [0.717, 1.165) is 28.2 Å². The minimum absolute atomic E-state index is 0.0390. The van der Waals surface area contributed by atoms with Gasteiger partial charge in [-0.3, -0.25) is 9.59 Å². The monoisotopic (exact) mass is 414 g/mol. The van der Waals surface area contributed by atoms with Gasteiger partial charge in [0.2, 0.25) is 5.91 Å². The molecular formula is C21H26N4O3S. The number of amides is 4. The molecule has 4 amide bonds. The Morgan fingerprint density at radius 3 is 2.34 bits per heavy atom. The second-order valence-electron chi connectivity index (χ2n) is 7.12. The van der Waals surface area contributed by atoms with Gasteiger partial charge in [0.05, 0.1) is 11.3 Å². The number of carbonyl (C=O) groups is 3. The molecule has 154 valence electrons. The molecule has 2 heterocycles. The minimum Gasteiger partial charge on any atom is -0.359 e. The summed E-state index contributed by atoms with van der Waals surface area (Å²) in [6.45, 7) is 3.16. The highest BCUT2D eigenvalue weighted by Gasteiger charge is 2.24. The largest absolute Gasteiger partial charge is 0.359 e. The van der Waals surface area contributed by atoms with Gasteiger partial charge in [-0.2, -0.15) is 0 Å². The highest BCUT2D eigenvalue weighted by molar-refractivity contribution is 7.13. The van der Waals surface area contributed by atoms with Crippen LogP contribution in [0.15, 0.2) is 36.4 Å². The molecule has 0 unspecified atom stereocenters. The Labute approximate surface area is 174 Å². The number of rotatable bonds is 5. The number of hydrogen-bond acceptors (Lipinski definition) is 4. The summed E-state index contributed by atoms with van der Waals surface area (Å²) in [7, 11) is 1.61. The smallest absolute Gasteiger partial charge is 0.321 e. The average molecular weight is 415 g/mol. The van der Waals surface area contributed by atoms with Crippen LogP contribution in [0.2, 0.25) is 0 Å². The number of hydrogen-bond donors (Lipinski definition) is 3. The lowest BCUT2D eigenvalue weighted by atomic mass is 10.1. The van der Waals surface area contributed by atoms with Gasteiger partial charge < -0.3 is 20.9 Å². The molecule has 0 atom stereocenters. The van der Waals surface area contributed by atoms with Crippen LogP contribution in [0, 0.1) is 6.92 Å². The van der Waals surface area contributed by atoms with E-state index in [-0.39, 0.29) is 23.9 Å². The van der Waals surface area contributed by atoms with Gasteiger partial charge in [0.1, 0.15) is 0 Å². The zero-order valence-electron chi connectivity index (χ0n) is 16.7. The first kappa shape index (κ1) is 20.9. The first-order valence-electron chi connectivity index (χ1n) is 9.67. The second kappa shape index (κ2) is 9.56. The highest BCUT2D eigenvalue weighted by atomic mass is 32.1.